The van der Waals surface area contributed by atoms with E-state index >= 15 is 0 Å². The van der Waals surface area contributed by atoms with Gasteiger partial charge in [-0.1, -0.05) is 34.9 Å². The quantitative estimate of drug-likeness (QED) is 0.377. The predicted octanol–water partition coefficient (Wildman–Crippen LogP) is 2.24. The number of rotatable bonds is 10. The van der Waals surface area contributed by atoms with Gasteiger partial charge in [-0.05, 0) is 6.42 Å². The van der Waals surface area contributed by atoms with Gasteiger partial charge >= 0.3 is 5.97 Å². The first-order chi connectivity index (χ1) is 8.16. The summed E-state index contributed by atoms with van der Waals surface area (Å²) in [6.07, 6.45) is 2.69. The topological polar surface area (TPSA) is 55.4 Å². The fraction of sp³-hybridized carbons (Fsp3) is 0.818. The van der Waals surface area contributed by atoms with Gasteiger partial charge in [-0.3, -0.25) is 9.59 Å². The van der Waals surface area contributed by atoms with Crippen molar-refractivity contribution < 1.29 is 14.3 Å². The Balaban J connectivity index is 3.16. The van der Waals surface area contributed by atoms with E-state index in [1.54, 1.807) is 21.6 Å². The molecule has 0 aromatic carbocycles. The van der Waals surface area contributed by atoms with Crippen LogP contribution in [0.2, 0.25) is 0 Å². The summed E-state index contributed by atoms with van der Waals surface area (Å²) in [7, 11) is 3.26. The van der Waals surface area contributed by atoms with Crippen LogP contribution in [0.4, 0.5) is 0 Å². The number of amides is 1. The minimum absolute atomic E-state index is 0.117. The molecule has 0 aliphatic rings. The van der Waals surface area contributed by atoms with Crippen LogP contribution in [0.1, 0.15) is 33.1 Å². The maximum Gasteiger partial charge on any atom is 0.302 e. The minimum atomic E-state index is -0.245. The van der Waals surface area contributed by atoms with Crippen molar-refractivity contribution in [2.24, 2.45) is 0 Å². The van der Waals surface area contributed by atoms with Crippen LogP contribution in [0.5, 0.6) is 0 Å². The Morgan fingerprint density at radius 3 is 2.59 bits per heavy atom. The second-order valence-corrected chi connectivity index (χ2v) is 6.14. The zero-order valence-corrected chi connectivity index (χ0v) is 12.1. The van der Waals surface area contributed by atoms with E-state index in [2.05, 4.69) is 12.2 Å². The largest absolute Gasteiger partial charge is 0.465 e. The molecule has 0 unspecified atom stereocenters. The van der Waals surface area contributed by atoms with Crippen molar-refractivity contribution in [2.75, 3.05) is 24.7 Å². The van der Waals surface area contributed by atoms with E-state index in [1.165, 1.54) is 6.92 Å². The molecule has 0 rings (SSSR count). The standard InChI is InChI=1S/C11H21NO3S2/c1-3-4-6-12-11(14)5-8-16-17-9-7-15-10(2)13/h3-9H2,1-2H3,(H,12,14). The van der Waals surface area contributed by atoms with Gasteiger partial charge in [-0.25, -0.2) is 0 Å². The minimum Gasteiger partial charge on any atom is -0.465 e. The van der Waals surface area contributed by atoms with Crippen LogP contribution in [-0.2, 0) is 14.3 Å². The molecule has 0 aliphatic heterocycles. The molecule has 17 heavy (non-hydrogen) atoms. The lowest BCUT2D eigenvalue weighted by Gasteiger charge is -2.04. The van der Waals surface area contributed by atoms with E-state index in [1.807, 2.05) is 0 Å². The summed E-state index contributed by atoms with van der Waals surface area (Å²) in [6.45, 7) is 4.72. The third-order valence-electron chi connectivity index (χ3n) is 1.82. The number of carbonyl (C=O) groups excluding carboxylic acids is 2. The Hall–Kier alpha value is -0.360. The Kier molecular flexibility index (Phi) is 11.8. The van der Waals surface area contributed by atoms with E-state index in [0.717, 1.165) is 30.9 Å². The van der Waals surface area contributed by atoms with Gasteiger partial charge in [0.25, 0.3) is 0 Å². The monoisotopic (exact) mass is 279 g/mol. The lowest BCUT2D eigenvalue weighted by molar-refractivity contribution is -0.140. The molecule has 0 saturated carbocycles. The zero-order chi connectivity index (χ0) is 12.9. The summed E-state index contributed by atoms with van der Waals surface area (Å²) in [5.74, 6) is 1.43. The van der Waals surface area contributed by atoms with E-state index in [0.29, 0.717) is 13.0 Å². The SMILES string of the molecule is CCCCNC(=O)CCSSCCOC(C)=O. The first kappa shape index (κ1) is 16.6. The maximum atomic E-state index is 11.3. The summed E-state index contributed by atoms with van der Waals surface area (Å²) < 4.78 is 4.78. The zero-order valence-electron chi connectivity index (χ0n) is 10.5. The molecule has 0 spiro atoms. The number of ether oxygens (including phenoxy) is 1. The molecule has 0 fully saturated rings. The predicted molar refractivity (Wildman–Crippen MR) is 74.1 cm³/mol. The Morgan fingerprint density at radius 1 is 1.24 bits per heavy atom. The van der Waals surface area contributed by atoms with Crippen molar-refractivity contribution >= 4 is 33.5 Å². The van der Waals surface area contributed by atoms with Crippen LogP contribution in [0.15, 0.2) is 0 Å². The molecule has 100 valence electrons. The Bertz CT molecular complexity index is 225. The number of unbranched alkanes of at least 4 members (excludes halogenated alkanes) is 1. The van der Waals surface area contributed by atoms with Gasteiger partial charge in [0.15, 0.2) is 0 Å². The van der Waals surface area contributed by atoms with Crippen LogP contribution in [0.3, 0.4) is 0 Å². The van der Waals surface area contributed by atoms with Gasteiger partial charge < -0.3 is 10.1 Å². The number of esters is 1. The van der Waals surface area contributed by atoms with Gasteiger partial charge in [0, 0.05) is 31.4 Å². The van der Waals surface area contributed by atoms with E-state index in [9.17, 15) is 9.59 Å². The maximum absolute atomic E-state index is 11.3. The lowest BCUT2D eigenvalue weighted by Crippen LogP contribution is -2.24. The molecule has 0 heterocycles. The van der Waals surface area contributed by atoms with Gasteiger partial charge in [0.05, 0.1) is 0 Å². The van der Waals surface area contributed by atoms with E-state index in [-0.39, 0.29) is 11.9 Å². The fourth-order valence-corrected chi connectivity index (χ4v) is 2.78. The molecule has 6 heteroatoms. The summed E-state index contributed by atoms with van der Waals surface area (Å²) in [4.78, 5) is 21.7. The summed E-state index contributed by atoms with van der Waals surface area (Å²) in [6, 6.07) is 0. The van der Waals surface area contributed by atoms with Gasteiger partial charge in [0.2, 0.25) is 5.91 Å². The van der Waals surface area contributed by atoms with Crippen molar-refractivity contribution in [1.29, 1.82) is 0 Å². The van der Waals surface area contributed by atoms with Crippen LogP contribution >= 0.6 is 21.6 Å². The second kappa shape index (κ2) is 12.1. The molecule has 0 radical (unpaired) electrons. The van der Waals surface area contributed by atoms with Gasteiger partial charge in [-0.15, -0.1) is 0 Å². The highest BCUT2D eigenvalue weighted by molar-refractivity contribution is 8.76. The highest BCUT2D eigenvalue weighted by Gasteiger charge is 2.00. The molecule has 0 aromatic rings. The third-order valence-corrected chi connectivity index (χ3v) is 4.19. The molecule has 1 amide bonds. The fourth-order valence-electron chi connectivity index (χ4n) is 0.965. The van der Waals surface area contributed by atoms with Crippen molar-refractivity contribution in [3.63, 3.8) is 0 Å². The van der Waals surface area contributed by atoms with Gasteiger partial charge in [0.1, 0.15) is 6.61 Å². The first-order valence-corrected chi connectivity index (χ1v) is 8.30. The number of hydrogen-bond acceptors (Lipinski definition) is 5. The lowest BCUT2D eigenvalue weighted by atomic mass is 10.3. The average Bonchev–Trinajstić information content (AvgIpc) is 2.28. The third kappa shape index (κ3) is 13.6. The van der Waals surface area contributed by atoms with Gasteiger partial charge in [-0.2, -0.15) is 0 Å². The molecule has 0 aromatic heterocycles. The molecule has 0 aliphatic carbocycles. The highest BCUT2D eigenvalue weighted by atomic mass is 33.1. The average molecular weight is 279 g/mol. The Morgan fingerprint density at radius 2 is 1.94 bits per heavy atom. The second-order valence-electron chi connectivity index (χ2n) is 3.44. The summed E-state index contributed by atoms with van der Waals surface area (Å²) >= 11 is 0. The normalized spacial score (nSPS) is 10.0. The van der Waals surface area contributed by atoms with Crippen molar-refractivity contribution in [3.05, 3.63) is 0 Å². The number of nitrogens with one attached hydrogen (secondary N) is 1. The number of hydrogen-bond donors (Lipinski definition) is 1. The smallest absolute Gasteiger partial charge is 0.302 e. The van der Waals surface area contributed by atoms with Crippen molar-refractivity contribution in [1.82, 2.24) is 5.32 Å². The van der Waals surface area contributed by atoms with Crippen LogP contribution in [-0.4, -0.2) is 36.5 Å². The molecule has 0 atom stereocenters. The summed E-state index contributed by atoms with van der Waals surface area (Å²) in [5.41, 5.74) is 0. The van der Waals surface area contributed by atoms with Crippen LogP contribution in [0, 0.1) is 0 Å². The molecular weight excluding hydrogens is 258 g/mol. The van der Waals surface area contributed by atoms with E-state index in [4.69, 9.17) is 4.74 Å². The van der Waals surface area contributed by atoms with Crippen molar-refractivity contribution in [2.45, 2.75) is 33.1 Å². The van der Waals surface area contributed by atoms with Crippen LogP contribution in [0.25, 0.3) is 0 Å². The first-order valence-electron chi connectivity index (χ1n) is 5.81. The van der Waals surface area contributed by atoms with E-state index < -0.39 is 0 Å². The molecule has 0 saturated heterocycles. The highest BCUT2D eigenvalue weighted by Crippen LogP contribution is 2.21. The molecular formula is C11H21NO3S2. The molecule has 4 nitrogen and oxygen atoms in total. The molecule has 1 N–H and O–H groups in total. The van der Waals surface area contributed by atoms with Crippen LogP contribution < -0.4 is 5.32 Å². The Labute approximate surface area is 111 Å². The molecule has 0 bridgehead atoms. The number of carbonyl (C=O) groups is 2. The van der Waals surface area contributed by atoms with Crippen molar-refractivity contribution in [3.8, 4) is 0 Å². The summed E-state index contributed by atoms with van der Waals surface area (Å²) in [5, 5.41) is 2.87.